The number of nitrogens with zero attached hydrogens (tertiary/aromatic N) is 3. The minimum atomic E-state index is 0.172. The smallest absolute Gasteiger partial charge is 0.257 e. The van der Waals surface area contributed by atoms with Crippen LogP contribution < -0.4 is 0 Å². The Bertz CT molecular complexity index is 1120. The fraction of sp³-hybridized carbons (Fsp3) is 0.261. The van der Waals surface area contributed by atoms with E-state index in [-0.39, 0.29) is 11.8 Å². The molecule has 3 heterocycles. The van der Waals surface area contributed by atoms with Crippen LogP contribution in [0.1, 0.15) is 30.1 Å². The molecule has 0 unspecified atom stereocenters. The number of fused-ring (bicyclic) bond motifs is 1. The van der Waals surface area contributed by atoms with Gasteiger partial charge in [-0.05, 0) is 36.6 Å². The van der Waals surface area contributed by atoms with Crippen molar-refractivity contribution < 1.29 is 9.32 Å². The second kappa shape index (κ2) is 7.54. The summed E-state index contributed by atoms with van der Waals surface area (Å²) in [6.45, 7) is 1.45. The summed E-state index contributed by atoms with van der Waals surface area (Å²) in [6.07, 6.45) is 4.08. The van der Waals surface area contributed by atoms with Gasteiger partial charge in [0.15, 0.2) is 5.82 Å². The monoisotopic (exact) mass is 386 g/mol. The normalized spacial score (nSPS) is 15.1. The van der Waals surface area contributed by atoms with Gasteiger partial charge in [0.1, 0.15) is 0 Å². The Morgan fingerprint density at radius 3 is 2.66 bits per heavy atom. The van der Waals surface area contributed by atoms with Gasteiger partial charge in [0.25, 0.3) is 5.89 Å². The Labute approximate surface area is 168 Å². The Hall–Kier alpha value is -3.41. The van der Waals surface area contributed by atoms with Crippen LogP contribution in [-0.4, -0.2) is 39.0 Å². The molecular weight excluding hydrogens is 364 g/mol. The van der Waals surface area contributed by atoms with Crippen LogP contribution in [0, 0.1) is 0 Å². The number of piperidine rings is 1. The summed E-state index contributed by atoms with van der Waals surface area (Å²) in [6, 6.07) is 17.9. The van der Waals surface area contributed by atoms with Crippen molar-refractivity contribution in [2.45, 2.75) is 25.2 Å². The third-order valence-corrected chi connectivity index (χ3v) is 5.69. The van der Waals surface area contributed by atoms with Crippen molar-refractivity contribution in [1.29, 1.82) is 0 Å². The maximum atomic E-state index is 12.8. The highest BCUT2D eigenvalue weighted by Gasteiger charge is 2.27. The van der Waals surface area contributed by atoms with Gasteiger partial charge in [0, 0.05) is 41.7 Å². The lowest BCUT2D eigenvalue weighted by Gasteiger charge is -2.30. The number of aromatic nitrogens is 3. The minimum absolute atomic E-state index is 0.172. The third-order valence-electron chi connectivity index (χ3n) is 5.69. The quantitative estimate of drug-likeness (QED) is 0.571. The Kier molecular flexibility index (Phi) is 4.60. The largest absolute Gasteiger partial charge is 0.361 e. The molecule has 1 aliphatic heterocycles. The van der Waals surface area contributed by atoms with Gasteiger partial charge in [-0.3, -0.25) is 4.79 Å². The van der Waals surface area contributed by atoms with Gasteiger partial charge in [0.05, 0.1) is 6.42 Å². The number of aromatic amines is 1. The van der Waals surface area contributed by atoms with Gasteiger partial charge in [-0.25, -0.2) is 0 Å². The van der Waals surface area contributed by atoms with Crippen molar-refractivity contribution in [2.24, 2.45) is 0 Å². The number of H-pyrrole nitrogens is 1. The zero-order chi connectivity index (χ0) is 19.6. The van der Waals surface area contributed by atoms with Crippen LogP contribution in [0.5, 0.6) is 0 Å². The molecule has 6 nitrogen and oxygen atoms in total. The number of carbonyl (C=O) groups excluding carboxylic acids is 1. The van der Waals surface area contributed by atoms with E-state index < -0.39 is 0 Å². The van der Waals surface area contributed by atoms with E-state index in [9.17, 15) is 4.79 Å². The van der Waals surface area contributed by atoms with Gasteiger partial charge in [0.2, 0.25) is 5.91 Å². The lowest BCUT2D eigenvalue weighted by atomic mass is 9.95. The van der Waals surface area contributed by atoms with Crippen molar-refractivity contribution in [3.63, 3.8) is 0 Å². The molecule has 0 saturated carbocycles. The van der Waals surface area contributed by atoms with Gasteiger partial charge in [-0.15, -0.1) is 0 Å². The molecule has 0 aliphatic carbocycles. The molecule has 29 heavy (non-hydrogen) atoms. The highest BCUT2D eigenvalue weighted by molar-refractivity contribution is 5.88. The third kappa shape index (κ3) is 3.53. The SMILES string of the molecule is O=C(Cc1c[nH]c2ccccc12)N1CCC(c2noc(-c3ccccc3)n2)CC1. The molecule has 1 N–H and O–H groups in total. The molecule has 2 aromatic heterocycles. The van der Waals surface area contributed by atoms with Gasteiger partial charge >= 0.3 is 0 Å². The van der Waals surface area contributed by atoms with E-state index in [1.54, 1.807) is 0 Å². The van der Waals surface area contributed by atoms with Crippen LogP contribution >= 0.6 is 0 Å². The molecule has 6 heteroatoms. The molecule has 1 aliphatic rings. The molecule has 5 rings (SSSR count). The molecule has 1 amide bonds. The lowest BCUT2D eigenvalue weighted by Crippen LogP contribution is -2.38. The number of rotatable bonds is 4. The van der Waals surface area contributed by atoms with E-state index in [1.807, 2.05) is 59.6 Å². The van der Waals surface area contributed by atoms with Gasteiger partial charge in [-0.1, -0.05) is 41.6 Å². The number of hydrogen-bond donors (Lipinski definition) is 1. The van der Waals surface area contributed by atoms with Crippen molar-refractivity contribution in [3.05, 3.63) is 72.2 Å². The number of amides is 1. The average Bonchev–Trinajstić information content (AvgIpc) is 3.43. The van der Waals surface area contributed by atoms with E-state index in [0.29, 0.717) is 12.3 Å². The first-order valence-electron chi connectivity index (χ1n) is 10.00. The fourth-order valence-corrected chi connectivity index (χ4v) is 4.04. The summed E-state index contributed by atoms with van der Waals surface area (Å²) < 4.78 is 5.44. The lowest BCUT2D eigenvalue weighted by molar-refractivity contribution is -0.131. The predicted octanol–water partition coefficient (Wildman–Crippen LogP) is 4.17. The van der Waals surface area contributed by atoms with Crippen molar-refractivity contribution in [1.82, 2.24) is 20.0 Å². The molecule has 0 bridgehead atoms. The van der Waals surface area contributed by atoms with Gasteiger partial charge < -0.3 is 14.4 Å². The zero-order valence-electron chi connectivity index (χ0n) is 16.0. The molecule has 2 aromatic carbocycles. The van der Waals surface area contributed by atoms with Crippen molar-refractivity contribution >= 4 is 16.8 Å². The number of hydrogen-bond acceptors (Lipinski definition) is 4. The molecule has 0 spiro atoms. The standard InChI is InChI=1S/C23H22N4O2/c28-21(14-18-15-24-20-9-5-4-8-19(18)20)27-12-10-16(11-13-27)22-25-23(29-26-22)17-6-2-1-3-7-17/h1-9,15-16,24H,10-14H2. The summed E-state index contributed by atoms with van der Waals surface area (Å²) in [4.78, 5) is 22.6. The van der Waals surface area contributed by atoms with E-state index in [4.69, 9.17) is 4.52 Å². The van der Waals surface area contributed by atoms with Gasteiger partial charge in [-0.2, -0.15) is 4.98 Å². The van der Waals surface area contributed by atoms with E-state index >= 15 is 0 Å². The number of nitrogens with one attached hydrogen (secondary N) is 1. The number of para-hydroxylation sites is 1. The summed E-state index contributed by atoms with van der Waals surface area (Å²) >= 11 is 0. The zero-order valence-corrected chi connectivity index (χ0v) is 16.0. The summed E-state index contributed by atoms with van der Waals surface area (Å²) in [5, 5.41) is 5.31. The highest BCUT2D eigenvalue weighted by atomic mass is 16.5. The number of benzene rings is 2. The maximum Gasteiger partial charge on any atom is 0.257 e. The molecule has 4 aromatic rings. The topological polar surface area (TPSA) is 75.0 Å². The maximum absolute atomic E-state index is 12.8. The first kappa shape index (κ1) is 17.7. The number of likely N-dealkylation sites (tertiary alicyclic amines) is 1. The Morgan fingerprint density at radius 1 is 1.07 bits per heavy atom. The van der Waals surface area contributed by atoms with E-state index in [2.05, 4.69) is 21.2 Å². The second-order valence-corrected chi connectivity index (χ2v) is 7.52. The summed E-state index contributed by atoms with van der Waals surface area (Å²) in [5.41, 5.74) is 3.05. The first-order chi connectivity index (χ1) is 14.3. The molecular formula is C23H22N4O2. The summed E-state index contributed by atoms with van der Waals surface area (Å²) in [5.74, 6) is 1.70. The highest BCUT2D eigenvalue weighted by Crippen LogP contribution is 2.28. The van der Waals surface area contributed by atoms with Crippen LogP contribution in [0.15, 0.2) is 65.3 Å². The number of carbonyl (C=O) groups is 1. The van der Waals surface area contributed by atoms with E-state index in [1.165, 1.54) is 0 Å². The second-order valence-electron chi connectivity index (χ2n) is 7.52. The first-order valence-corrected chi connectivity index (χ1v) is 10.00. The Morgan fingerprint density at radius 2 is 1.83 bits per heavy atom. The van der Waals surface area contributed by atoms with Crippen LogP contribution in [0.2, 0.25) is 0 Å². The van der Waals surface area contributed by atoms with Crippen molar-refractivity contribution in [2.75, 3.05) is 13.1 Å². The molecule has 146 valence electrons. The average molecular weight is 386 g/mol. The van der Waals surface area contributed by atoms with Crippen LogP contribution in [0.3, 0.4) is 0 Å². The van der Waals surface area contributed by atoms with Crippen LogP contribution in [0.25, 0.3) is 22.4 Å². The molecule has 1 fully saturated rings. The summed E-state index contributed by atoms with van der Waals surface area (Å²) in [7, 11) is 0. The van der Waals surface area contributed by atoms with Crippen LogP contribution in [0.4, 0.5) is 0 Å². The van der Waals surface area contributed by atoms with Crippen molar-refractivity contribution in [3.8, 4) is 11.5 Å². The predicted molar refractivity (Wildman–Crippen MR) is 110 cm³/mol. The minimum Gasteiger partial charge on any atom is -0.361 e. The molecule has 1 saturated heterocycles. The molecule has 0 atom stereocenters. The molecule has 0 radical (unpaired) electrons. The fourth-order valence-electron chi connectivity index (χ4n) is 4.04. The van der Waals surface area contributed by atoms with E-state index in [0.717, 1.165) is 53.8 Å². The van der Waals surface area contributed by atoms with Crippen LogP contribution in [-0.2, 0) is 11.2 Å². The Balaban J connectivity index is 1.21.